The van der Waals surface area contributed by atoms with Gasteiger partial charge in [0.25, 0.3) is 0 Å². The van der Waals surface area contributed by atoms with Crippen molar-refractivity contribution in [2.24, 2.45) is 5.73 Å². The van der Waals surface area contributed by atoms with Crippen LogP contribution in [-0.4, -0.2) is 0 Å². The maximum absolute atomic E-state index is 13.0. The Kier molecular flexibility index (Phi) is 4.83. The minimum Gasteiger partial charge on any atom is -0.326 e. The van der Waals surface area contributed by atoms with Crippen LogP contribution in [0.1, 0.15) is 36.5 Å². The van der Waals surface area contributed by atoms with Gasteiger partial charge in [-0.05, 0) is 28.7 Å². The fraction of sp³-hybridized carbons (Fsp3) is 0.294. The first kappa shape index (κ1) is 16.8. The molecule has 0 unspecified atom stereocenters. The zero-order valence-corrected chi connectivity index (χ0v) is 13.1. The molecule has 2 rings (SSSR count). The normalized spacial score (nSPS) is 12.0. The second-order valence-corrected chi connectivity index (χ2v) is 5.82. The molecular formula is C17H17ClF3N. The minimum absolute atomic E-state index is 0.124. The lowest BCUT2D eigenvalue weighted by atomic mass is 9.94. The molecule has 0 aromatic heterocycles. The van der Waals surface area contributed by atoms with Gasteiger partial charge < -0.3 is 5.73 Å². The maximum Gasteiger partial charge on any atom is 0.417 e. The second-order valence-electron chi connectivity index (χ2n) is 5.44. The lowest BCUT2D eigenvalue weighted by Crippen LogP contribution is -2.09. The molecule has 0 fully saturated rings. The third-order valence-corrected chi connectivity index (χ3v) is 4.01. The molecule has 0 saturated heterocycles. The number of hydrogen-bond donors (Lipinski definition) is 1. The summed E-state index contributed by atoms with van der Waals surface area (Å²) in [5.74, 6) is 0.347. The summed E-state index contributed by atoms with van der Waals surface area (Å²) in [5, 5.41) is -0.298. The van der Waals surface area contributed by atoms with E-state index in [0.717, 1.165) is 11.6 Å². The van der Waals surface area contributed by atoms with E-state index in [2.05, 4.69) is 13.8 Å². The van der Waals surface area contributed by atoms with E-state index >= 15 is 0 Å². The molecule has 0 heterocycles. The van der Waals surface area contributed by atoms with Crippen LogP contribution >= 0.6 is 11.6 Å². The van der Waals surface area contributed by atoms with Gasteiger partial charge in [0.15, 0.2) is 0 Å². The van der Waals surface area contributed by atoms with Crippen molar-refractivity contribution >= 4 is 11.6 Å². The van der Waals surface area contributed by atoms with Gasteiger partial charge in [-0.3, -0.25) is 0 Å². The molecular weight excluding hydrogens is 311 g/mol. The fourth-order valence-electron chi connectivity index (χ4n) is 2.35. The standard InChI is InChI=1S/C17H17ClF3N/c1-10(2)11-3-5-12(6-4-11)15-13(9-22)7-8-14(16(15)18)17(19,20)21/h3-8,10H,9,22H2,1-2H3. The Labute approximate surface area is 132 Å². The third-order valence-electron chi connectivity index (χ3n) is 3.62. The molecule has 0 spiro atoms. The lowest BCUT2D eigenvalue weighted by molar-refractivity contribution is -0.137. The zero-order valence-electron chi connectivity index (χ0n) is 12.3. The quantitative estimate of drug-likeness (QED) is 0.779. The third kappa shape index (κ3) is 3.28. The molecule has 22 heavy (non-hydrogen) atoms. The van der Waals surface area contributed by atoms with E-state index in [0.29, 0.717) is 22.6 Å². The Balaban J connectivity index is 2.62. The zero-order chi connectivity index (χ0) is 16.5. The molecule has 0 aliphatic carbocycles. The summed E-state index contributed by atoms with van der Waals surface area (Å²) in [6.07, 6.45) is -4.49. The van der Waals surface area contributed by atoms with Crippen molar-refractivity contribution in [1.82, 2.24) is 0 Å². The van der Waals surface area contributed by atoms with Crippen molar-refractivity contribution in [1.29, 1.82) is 0 Å². The van der Waals surface area contributed by atoms with Gasteiger partial charge >= 0.3 is 6.18 Å². The maximum atomic E-state index is 13.0. The molecule has 0 radical (unpaired) electrons. The summed E-state index contributed by atoms with van der Waals surface area (Å²) < 4.78 is 39.1. The summed E-state index contributed by atoms with van der Waals surface area (Å²) in [6, 6.07) is 9.75. The SMILES string of the molecule is CC(C)c1ccc(-c2c(CN)ccc(C(F)(F)F)c2Cl)cc1. The van der Waals surface area contributed by atoms with Crippen LogP contribution in [0.15, 0.2) is 36.4 Å². The van der Waals surface area contributed by atoms with Gasteiger partial charge in [0, 0.05) is 12.1 Å². The smallest absolute Gasteiger partial charge is 0.326 e. The summed E-state index contributed by atoms with van der Waals surface area (Å²) >= 11 is 6.04. The van der Waals surface area contributed by atoms with Crippen LogP contribution in [0.2, 0.25) is 5.02 Å². The first-order valence-corrected chi connectivity index (χ1v) is 7.32. The highest BCUT2D eigenvalue weighted by Crippen LogP contribution is 2.41. The van der Waals surface area contributed by atoms with Crippen molar-refractivity contribution in [3.63, 3.8) is 0 Å². The number of benzene rings is 2. The molecule has 2 aromatic rings. The van der Waals surface area contributed by atoms with Gasteiger partial charge in [-0.25, -0.2) is 0 Å². The minimum atomic E-state index is -4.49. The van der Waals surface area contributed by atoms with Crippen molar-refractivity contribution in [2.75, 3.05) is 0 Å². The van der Waals surface area contributed by atoms with Crippen LogP contribution in [0.5, 0.6) is 0 Å². The predicted octanol–water partition coefficient (Wildman–Crippen LogP) is 5.61. The number of hydrogen-bond acceptors (Lipinski definition) is 1. The van der Waals surface area contributed by atoms with Crippen LogP contribution < -0.4 is 5.73 Å². The van der Waals surface area contributed by atoms with Crippen LogP contribution in [0.3, 0.4) is 0 Å². The molecule has 1 nitrogen and oxygen atoms in total. The number of nitrogens with two attached hydrogens (primary N) is 1. The molecule has 0 aliphatic heterocycles. The molecule has 0 bridgehead atoms. The summed E-state index contributed by atoms with van der Waals surface area (Å²) in [5.41, 5.74) is 7.52. The Bertz CT molecular complexity index is 661. The topological polar surface area (TPSA) is 26.0 Å². The highest BCUT2D eigenvalue weighted by Gasteiger charge is 2.34. The van der Waals surface area contributed by atoms with E-state index in [1.165, 1.54) is 6.07 Å². The molecule has 0 atom stereocenters. The Morgan fingerprint density at radius 3 is 2.09 bits per heavy atom. The van der Waals surface area contributed by atoms with Gasteiger partial charge in [0.05, 0.1) is 10.6 Å². The average molecular weight is 328 g/mol. The Hall–Kier alpha value is -1.52. The van der Waals surface area contributed by atoms with E-state index in [9.17, 15) is 13.2 Å². The van der Waals surface area contributed by atoms with Gasteiger partial charge in [-0.1, -0.05) is 55.8 Å². The van der Waals surface area contributed by atoms with E-state index in [4.69, 9.17) is 17.3 Å². The Morgan fingerprint density at radius 2 is 1.64 bits per heavy atom. The van der Waals surface area contributed by atoms with Crippen LogP contribution in [0, 0.1) is 0 Å². The molecule has 5 heteroatoms. The van der Waals surface area contributed by atoms with Crippen LogP contribution in [-0.2, 0) is 12.7 Å². The highest BCUT2D eigenvalue weighted by atomic mass is 35.5. The van der Waals surface area contributed by atoms with Gasteiger partial charge in [0.2, 0.25) is 0 Å². The van der Waals surface area contributed by atoms with Gasteiger partial charge in [-0.15, -0.1) is 0 Å². The molecule has 2 aromatic carbocycles. The number of alkyl halides is 3. The highest BCUT2D eigenvalue weighted by molar-refractivity contribution is 6.34. The van der Waals surface area contributed by atoms with Crippen LogP contribution in [0.4, 0.5) is 13.2 Å². The first-order chi connectivity index (χ1) is 10.3. The summed E-state index contributed by atoms with van der Waals surface area (Å²) in [6.45, 7) is 4.23. The second kappa shape index (κ2) is 6.31. The van der Waals surface area contributed by atoms with Gasteiger partial charge in [0.1, 0.15) is 0 Å². The van der Waals surface area contributed by atoms with Crippen molar-refractivity contribution < 1.29 is 13.2 Å². The molecule has 118 valence electrons. The summed E-state index contributed by atoms with van der Waals surface area (Å²) in [7, 11) is 0. The summed E-state index contributed by atoms with van der Waals surface area (Å²) in [4.78, 5) is 0. The first-order valence-electron chi connectivity index (χ1n) is 6.94. The van der Waals surface area contributed by atoms with Crippen molar-refractivity contribution in [3.05, 3.63) is 58.1 Å². The largest absolute Gasteiger partial charge is 0.417 e. The monoisotopic (exact) mass is 327 g/mol. The lowest BCUT2D eigenvalue weighted by Gasteiger charge is -2.17. The Morgan fingerprint density at radius 1 is 1.05 bits per heavy atom. The van der Waals surface area contributed by atoms with Crippen LogP contribution in [0.25, 0.3) is 11.1 Å². The van der Waals surface area contributed by atoms with E-state index in [-0.39, 0.29) is 11.6 Å². The molecule has 0 saturated carbocycles. The molecule has 0 amide bonds. The van der Waals surface area contributed by atoms with Crippen molar-refractivity contribution in [2.45, 2.75) is 32.5 Å². The van der Waals surface area contributed by atoms with Gasteiger partial charge in [-0.2, -0.15) is 13.2 Å². The fourth-order valence-corrected chi connectivity index (χ4v) is 2.75. The average Bonchev–Trinajstić information content (AvgIpc) is 2.45. The van der Waals surface area contributed by atoms with E-state index in [1.807, 2.05) is 12.1 Å². The number of halogens is 4. The molecule has 0 aliphatic rings. The van der Waals surface area contributed by atoms with Crippen molar-refractivity contribution in [3.8, 4) is 11.1 Å². The van der Waals surface area contributed by atoms with E-state index in [1.54, 1.807) is 12.1 Å². The molecule has 2 N–H and O–H groups in total. The predicted molar refractivity (Wildman–Crippen MR) is 83.9 cm³/mol. The van der Waals surface area contributed by atoms with E-state index < -0.39 is 11.7 Å². The number of rotatable bonds is 3.